The van der Waals surface area contributed by atoms with Gasteiger partial charge in [-0.05, 0) is 75.5 Å². The molecule has 0 N–H and O–H groups in total. The number of nitrogens with zero attached hydrogens (tertiary/aromatic N) is 1. The predicted octanol–water partition coefficient (Wildman–Crippen LogP) is 6.02. The lowest BCUT2D eigenvalue weighted by Gasteiger charge is -2.42. The zero-order valence-corrected chi connectivity index (χ0v) is 16.6. The van der Waals surface area contributed by atoms with Crippen molar-refractivity contribution in [3.63, 3.8) is 0 Å². The van der Waals surface area contributed by atoms with E-state index < -0.39 is 0 Å². The molecule has 0 bridgehead atoms. The van der Waals surface area contributed by atoms with Gasteiger partial charge >= 0.3 is 5.97 Å². The number of unbranched alkanes of at least 4 members (excludes halogenated alkanes) is 2. The van der Waals surface area contributed by atoms with Gasteiger partial charge in [-0.1, -0.05) is 39.0 Å². The number of carbonyl (C=O) groups is 1. The summed E-state index contributed by atoms with van der Waals surface area (Å²) >= 11 is 0. The summed E-state index contributed by atoms with van der Waals surface area (Å²) in [6.07, 6.45) is 16.6. The van der Waals surface area contributed by atoms with Crippen LogP contribution >= 0.6 is 0 Å². The second-order valence-corrected chi connectivity index (χ2v) is 9.24. The molecule has 0 radical (unpaired) electrons. The summed E-state index contributed by atoms with van der Waals surface area (Å²) in [6.45, 7) is 2.28. The minimum absolute atomic E-state index is 0.0638. The van der Waals surface area contributed by atoms with E-state index in [1.165, 1.54) is 51.4 Å². The van der Waals surface area contributed by atoms with Crippen LogP contribution in [0.2, 0.25) is 0 Å². The third-order valence-electron chi connectivity index (χ3n) is 7.41. The van der Waals surface area contributed by atoms with E-state index >= 15 is 0 Å². The quantitative estimate of drug-likeness (QED) is 0.430. The van der Waals surface area contributed by atoms with Crippen LogP contribution in [0.3, 0.4) is 0 Å². The van der Waals surface area contributed by atoms with Crippen molar-refractivity contribution in [1.29, 1.82) is 5.26 Å². The third kappa shape index (κ3) is 5.24. The normalized spacial score (nSPS) is 37.4. The first-order chi connectivity index (χ1) is 12.7. The summed E-state index contributed by atoms with van der Waals surface area (Å²) in [4.78, 5) is 12.6. The van der Waals surface area contributed by atoms with Gasteiger partial charge in [0.1, 0.15) is 6.10 Å². The first-order valence-corrected chi connectivity index (χ1v) is 11.3. The lowest BCUT2D eigenvalue weighted by molar-refractivity contribution is -0.158. The summed E-state index contributed by atoms with van der Waals surface area (Å²) in [5.41, 5.74) is 0. The first kappa shape index (κ1) is 19.7. The van der Waals surface area contributed by atoms with Crippen molar-refractivity contribution in [3.05, 3.63) is 0 Å². The highest BCUT2D eigenvalue weighted by Gasteiger charge is 2.38. The van der Waals surface area contributed by atoms with Gasteiger partial charge < -0.3 is 4.74 Å². The minimum Gasteiger partial charge on any atom is -0.462 e. The number of hydrogen-bond donors (Lipinski definition) is 0. The molecule has 4 unspecified atom stereocenters. The second-order valence-electron chi connectivity index (χ2n) is 9.24. The number of carbonyl (C=O) groups excluding carboxylic acids is 1. The summed E-state index contributed by atoms with van der Waals surface area (Å²) < 4.78 is 5.84. The summed E-state index contributed by atoms with van der Waals surface area (Å²) in [6, 6.07) is 2.35. The molecule has 0 aliphatic heterocycles. The number of esters is 1. The molecule has 4 atom stereocenters. The molecule has 0 aromatic heterocycles. The molecule has 0 aromatic rings. The molecule has 0 heterocycles. The molecule has 0 aromatic carbocycles. The monoisotopic (exact) mass is 359 g/mol. The highest BCUT2D eigenvalue weighted by molar-refractivity contribution is 5.72. The molecule has 3 rings (SSSR count). The Kier molecular flexibility index (Phi) is 7.41. The number of nitriles is 1. The lowest BCUT2D eigenvalue weighted by Crippen LogP contribution is -2.36. The largest absolute Gasteiger partial charge is 0.462 e. The molecule has 26 heavy (non-hydrogen) atoms. The number of hydrogen-bond acceptors (Lipinski definition) is 3. The van der Waals surface area contributed by atoms with Crippen molar-refractivity contribution >= 4 is 5.97 Å². The Morgan fingerprint density at radius 2 is 1.69 bits per heavy atom. The van der Waals surface area contributed by atoms with E-state index in [0.29, 0.717) is 0 Å². The van der Waals surface area contributed by atoms with Gasteiger partial charge in [0.15, 0.2) is 0 Å². The summed E-state index contributed by atoms with van der Waals surface area (Å²) in [5, 5.41) is 8.99. The average Bonchev–Trinajstić information content (AvgIpc) is 2.68. The van der Waals surface area contributed by atoms with Gasteiger partial charge in [-0.15, -0.1) is 0 Å². The van der Waals surface area contributed by atoms with Crippen LogP contribution < -0.4 is 0 Å². The number of rotatable bonds is 6. The van der Waals surface area contributed by atoms with Crippen LogP contribution in [0.25, 0.3) is 0 Å². The molecule has 0 saturated heterocycles. The van der Waals surface area contributed by atoms with Crippen molar-refractivity contribution in [1.82, 2.24) is 0 Å². The van der Waals surface area contributed by atoms with Gasteiger partial charge in [-0.25, -0.2) is 0 Å². The van der Waals surface area contributed by atoms with E-state index in [1.54, 1.807) is 0 Å². The molecule has 3 fully saturated rings. The van der Waals surface area contributed by atoms with Gasteiger partial charge in [0.25, 0.3) is 0 Å². The van der Waals surface area contributed by atoms with Crippen LogP contribution in [0.5, 0.6) is 0 Å². The van der Waals surface area contributed by atoms with E-state index in [-0.39, 0.29) is 23.9 Å². The van der Waals surface area contributed by atoms with Gasteiger partial charge in [0.2, 0.25) is 0 Å². The Hall–Kier alpha value is -1.04. The smallest absolute Gasteiger partial charge is 0.309 e. The van der Waals surface area contributed by atoms with Crippen molar-refractivity contribution in [2.45, 2.75) is 103 Å². The first-order valence-electron chi connectivity index (χ1n) is 11.3. The van der Waals surface area contributed by atoms with E-state index in [9.17, 15) is 4.79 Å². The molecule has 3 aliphatic carbocycles. The maximum Gasteiger partial charge on any atom is 0.309 e. The molecular weight excluding hydrogens is 322 g/mol. The Balaban J connectivity index is 1.40. The van der Waals surface area contributed by atoms with Crippen molar-refractivity contribution in [2.75, 3.05) is 0 Å². The van der Waals surface area contributed by atoms with Crippen LogP contribution in [-0.2, 0) is 9.53 Å². The van der Waals surface area contributed by atoms with E-state index in [4.69, 9.17) is 10.00 Å². The summed E-state index contributed by atoms with van der Waals surface area (Å²) in [7, 11) is 0. The van der Waals surface area contributed by atoms with Gasteiger partial charge in [-0.2, -0.15) is 5.26 Å². The standard InChI is InChI=1S/C23H37NO2/c1-2-3-4-5-17-6-9-20-15-21(11-10-19(20)14-17)23(25)26-22-12-7-18(16-24)8-13-22/h17-22H,2-15H2,1H3. The molecule has 3 heteroatoms. The molecule has 3 aliphatic rings. The van der Waals surface area contributed by atoms with E-state index in [1.807, 2.05) is 0 Å². The molecule has 3 nitrogen and oxygen atoms in total. The zero-order chi connectivity index (χ0) is 18.4. The number of fused-ring (bicyclic) bond motifs is 1. The maximum atomic E-state index is 12.6. The van der Waals surface area contributed by atoms with Crippen LogP contribution in [0.4, 0.5) is 0 Å². The fourth-order valence-electron chi connectivity index (χ4n) is 5.72. The van der Waals surface area contributed by atoms with Crippen LogP contribution in [0, 0.1) is 40.9 Å². The Labute approximate surface area is 159 Å². The van der Waals surface area contributed by atoms with Gasteiger partial charge in [-0.3, -0.25) is 4.79 Å². The molecule has 0 spiro atoms. The topological polar surface area (TPSA) is 50.1 Å². The summed E-state index contributed by atoms with van der Waals surface area (Å²) in [5.74, 6) is 2.95. The van der Waals surface area contributed by atoms with Crippen molar-refractivity contribution in [2.24, 2.45) is 29.6 Å². The average molecular weight is 360 g/mol. The Morgan fingerprint density at radius 3 is 2.42 bits per heavy atom. The SMILES string of the molecule is CCCCCC1CCC2CC(C(=O)OC3CCC(C#N)CC3)CCC2C1. The Morgan fingerprint density at radius 1 is 0.962 bits per heavy atom. The lowest BCUT2D eigenvalue weighted by atomic mass is 9.64. The third-order valence-corrected chi connectivity index (χ3v) is 7.41. The number of ether oxygens (including phenoxy) is 1. The maximum absolute atomic E-state index is 12.6. The van der Waals surface area contributed by atoms with Gasteiger partial charge in [0.05, 0.1) is 12.0 Å². The molecular formula is C23H37NO2. The van der Waals surface area contributed by atoms with Crippen molar-refractivity contribution < 1.29 is 9.53 Å². The van der Waals surface area contributed by atoms with E-state index in [0.717, 1.165) is 56.3 Å². The highest BCUT2D eigenvalue weighted by atomic mass is 16.5. The van der Waals surface area contributed by atoms with Crippen LogP contribution in [0.1, 0.15) is 96.8 Å². The Bertz CT molecular complexity index is 489. The zero-order valence-electron chi connectivity index (χ0n) is 16.6. The highest BCUT2D eigenvalue weighted by Crippen LogP contribution is 2.46. The van der Waals surface area contributed by atoms with Crippen molar-refractivity contribution in [3.8, 4) is 6.07 Å². The van der Waals surface area contributed by atoms with Gasteiger partial charge in [0, 0.05) is 5.92 Å². The second kappa shape index (κ2) is 9.77. The molecule has 146 valence electrons. The fraction of sp³-hybridized carbons (Fsp3) is 0.913. The minimum atomic E-state index is 0.0638. The molecule has 3 saturated carbocycles. The molecule has 0 amide bonds. The van der Waals surface area contributed by atoms with Crippen LogP contribution in [0.15, 0.2) is 0 Å². The van der Waals surface area contributed by atoms with Crippen LogP contribution in [-0.4, -0.2) is 12.1 Å². The fourth-order valence-corrected chi connectivity index (χ4v) is 5.72. The predicted molar refractivity (Wildman–Crippen MR) is 103 cm³/mol. The van der Waals surface area contributed by atoms with E-state index in [2.05, 4.69) is 13.0 Å².